The van der Waals surface area contributed by atoms with Gasteiger partial charge in [-0.2, -0.15) is 0 Å². The monoisotopic (exact) mass is 523 g/mol. The first-order valence-electron chi connectivity index (χ1n) is 12.2. The lowest BCUT2D eigenvalue weighted by molar-refractivity contribution is -0.140. The van der Waals surface area contributed by atoms with Crippen molar-refractivity contribution in [2.45, 2.75) is 37.8 Å². The van der Waals surface area contributed by atoms with Crippen LogP contribution in [0.5, 0.6) is 5.75 Å². The summed E-state index contributed by atoms with van der Waals surface area (Å²) in [4.78, 5) is 28.0. The normalized spacial score (nSPS) is 11.9. The Kier molecular flexibility index (Phi) is 9.68. The van der Waals surface area contributed by atoms with Crippen molar-refractivity contribution in [2.24, 2.45) is 0 Å². The summed E-state index contributed by atoms with van der Waals surface area (Å²) in [6.45, 7) is 3.82. The van der Waals surface area contributed by atoms with Crippen LogP contribution in [0.2, 0.25) is 0 Å². The third-order valence-electron chi connectivity index (χ3n) is 5.87. The lowest BCUT2D eigenvalue weighted by atomic mass is 10.1. The van der Waals surface area contributed by atoms with Crippen LogP contribution >= 0.6 is 0 Å². The number of nitrogens with zero attached hydrogens (tertiary/aromatic N) is 2. The van der Waals surface area contributed by atoms with Crippen molar-refractivity contribution in [1.29, 1.82) is 0 Å². The van der Waals surface area contributed by atoms with Crippen LogP contribution in [0.1, 0.15) is 25.8 Å². The van der Waals surface area contributed by atoms with E-state index in [0.717, 1.165) is 9.87 Å². The van der Waals surface area contributed by atoms with Crippen LogP contribution in [0.25, 0.3) is 0 Å². The maximum absolute atomic E-state index is 13.8. The van der Waals surface area contributed by atoms with Crippen molar-refractivity contribution in [3.05, 3.63) is 90.5 Å². The molecule has 3 aromatic carbocycles. The van der Waals surface area contributed by atoms with Crippen molar-refractivity contribution in [3.8, 4) is 5.75 Å². The molecule has 9 heteroatoms. The van der Waals surface area contributed by atoms with Crippen LogP contribution in [0, 0.1) is 0 Å². The van der Waals surface area contributed by atoms with Crippen LogP contribution in [0.3, 0.4) is 0 Å². The Morgan fingerprint density at radius 1 is 0.892 bits per heavy atom. The summed E-state index contributed by atoms with van der Waals surface area (Å²) < 4.78 is 34.0. The molecule has 2 amide bonds. The molecule has 196 valence electrons. The van der Waals surface area contributed by atoms with Gasteiger partial charge in [-0.05, 0) is 55.3 Å². The van der Waals surface area contributed by atoms with E-state index in [2.05, 4.69) is 5.32 Å². The predicted molar refractivity (Wildman–Crippen MR) is 144 cm³/mol. The summed E-state index contributed by atoms with van der Waals surface area (Å²) in [6.07, 6.45) is 0.368. The Bertz CT molecular complexity index is 1270. The van der Waals surface area contributed by atoms with Crippen molar-refractivity contribution in [3.63, 3.8) is 0 Å². The van der Waals surface area contributed by atoms with Gasteiger partial charge in [-0.3, -0.25) is 13.9 Å². The number of hydrogen-bond donors (Lipinski definition) is 1. The van der Waals surface area contributed by atoms with Gasteiger partial charge in [-0.25, -0.2) is 8.42 Å². The van der Waals surface area contributed by atoms with Crippen molar-refractivity contribution in [2.75, 3.05) is 24.5 Å². The summed E-state index contributed by atoms with van der Waals surface area (Å²) in [5.74, 6) is -0.219. The predicted octanol–water partition coefficient (Wildman–Crippen LogP) is 3.83. The number of rotatable bonds is 12. The standard InChI is InChI=1S/C28H33N3O5S/c1-4-26(28(33)29-3)30(20-22-12-8-6-9-13-22)27(32)21-31(23-16-18-24(19-17-23)36-5-2)37(34,35)25-14-10-7-11-15-25/h6-19,26H,4-5,20-21H2,1-3H3,(H,29,33)/t26-/m1/s1. The van der Waals surface area contributed by atoms with E-state index in [1.54, 1.807) is 42.5 Å². The highest BCUT2D eigenvalue weighted by Gasteiger charge is 2.33. The minimum Gasteiger partial charge on any atom is -0.494 e. The third-order valence-corrected chi connectivity index (χ3v) is 7.66. The summed E-state index contributed by atoms with van der Waals surface area (Å²) in [6, 6.07) is 23.0. The number of amides is 2. The van der Waals surface area contributed by atoms with Gasteiger partial charge in [0.05, 0.1) is 17.2 Å². The Morgan fingerprint density at radius 2 is 1.49 bits per heavy atom. The molecule has 1 N–H and O–H groups in total. The fraction of sp³-hybridized carbons (Fsp3) is 0.286. The highest BCUT2D eigenvalue weighted by atomic mass is 32.2. The van der Waals surface area contributed by atoms with Crippen molar-refractivity contribution >= 4 is 27.5 Å². The lowest BCUT2D eigenvalue weighted by Gasteiger charge is -2.33. The maximum atomic E-state index is 13.8. The van der Waals surface area contributed by atoms with Crippen LogP contribution in [0.15, 0.2) is 89.8 Å². The van der Waals surface area contributed by atoms with Gasteiger partial charge in [0, 0.05) is 13.6 Å². The molecule has 0 fully saturated rings. The second-order valence-electron chi connectivity index (χ2n) is 8.30. The molecule has 8 nitrogen and oxygen atoms in total. The number of carbonyl (C=O) groups excluding carboxylic acids is 2. The molecule has 37 heavy (non-hydrogen) atoms. The molecule has 0 heterocycles. The maximum Gasteiger partial charge on any atom is 0.264 e. The van der Waals surface area contributed by atoms with Crippen molar-refractivity contribution < 1.29 is 22.7 Å². The second-order valence-corrected chi connectivity index (χ2v) is 10.2. The van der Waals surface area contributed by atoms with E-state index < -0.39 is 28.5 Å². The van der Waals surface area contributed by atoms with Gasteiger partial charge >= 0.3 is 0 Å². The van der Waals surface area contributed by atoms with E-state index in [9.17, 15) is 18.0 Å². The molecule has 0 saturated carbocycles. The number of benzene rings is 3. The first kappa shape index (κ1) is 27.7. The first-order valence-corrected chi connectivity index (χ1v) is 13.6. The molecule has 0 bridgehead atoms. The topological polar surface area (TPSA) is 96.0 Å². The Balaban J connectivity index is 2.03. The van der Waals surface area contributed by atoms with Crippen LogP contribution < -0.4 is 14.4 Å². The zero-order valence-corrected chi connectivity index (χ0v) is 22.1. The zero-order valence-electron chi connectivity index (χ0n) is 21.3. The van der Waals surface area contributed by atoms with Gasteiger partial charge in [0.25, 0.3) is 10.0 Å². The molecule has 0 aliphatic rings. The van der Waals surface area contributed by atoms with Crippen LogP contribution in [-0.2, 0) is 26.2 Å². The van der Waals surface area contributed by atoms with E-state index in [0.29, 0.717) is 24.5 Å². The quantitative estimate of drug-likeness (QED) is 0.389. The number of carbonyl (C=O) groups is 2. The van der Waals surface area contributed by atoms with E-state index in [-0.39, 0.29) is 17.3 Å². The minimum absolute atomic E-state index is 0.0598. The van der Waals surface area contributed by atoms with Gasteiger partial charge in [-0.1, -0.05) is 55.5 Å². The molecule has 0 spiro atoms. The number of hydrogen-bond acceptors (Lipinski definition) is 5. The van der Waals surface area contributed by atoms with Crippen LogP contribution in [-0.4, -0.2) is 51.4 Å². The van der Waals surface area contributed by atoms with E-state index in [1.807, 2.05) is 44.2 Å². The molecule has 0 aromatic heterocycles. The molecule has 0 unspecified atom stereocenters. The SMILES string of the molecule is CCOc1ccc(N(CC(=O)N(Cc2ccccc2)[C@H](CC)C(=O)NC)S(=O)(=O)c2ccccc2)cc1. The number of sulfonamides is 1. The van der Waals surface area contributed by atoms with Crippen LogP contribution in [0.4, 0.5) is 5.69 Å². The summed E-state index contributed by atoms with van der Waals surface area (Å²) in [5.41, 5.74) is 1.14. The molecule has 1 atom stereocenters. The fourth-order valence-corrected chi connectivity index (χ4v) is 5.43. The third kappa shape index (κ3) is 6.89. The van der Waals surface area contributed by atoms with Gasteiger partial charge in [-0.15, -0.1) is 0 Å². The molecule has 3 rings (SSSR count). The van der Waals surface area contributed by atoms with Gasteiger partial charge < -0.3 is 15.0 Å². The lowest BCUT2D eigenvalue weighted by Crippen LogP contribution is -2.51. The molecular formula is C28H33N3O5S. The summed E-state index contributed by atoms with van der Waals surface area (Å²) >= 11 is 0. The average Bonchev–Trinajstić information content (AvgIpc) is 2.93. The average molecular weight is 524 g/mol. The molecule has 0 aliphatic carbocycles. The Morgan fingerprint density at radius 3 is 2.03 bits per heavy atom. The Hall–Kier alpha value is -3.85. The summed E-state index contributed by atoms with van der Waals surface area (Å²) in [7, 11) is -2.58. The number of anilines is 1. The van der Waals surface area contributed by atoms with E-state index in [1.165, 1.54) is 24.1 Å². The zero-order chi connectivity index (χ0) is 26.8. The number of nitrogens with one attached hydrogen (secondary N) is 1. The van der Waals surface area contributed by atoms with Crippen molar-refractivity contribution in [1.82, 2.24) is 10.2 Å². The van der Waals surface area contributed by atoms with Gasteiger partial charge in [0.1, 0.15) is 18.3 Å². The number of ether oxygens (including phenoxy) is 1. The van der Waals surface area contributed by atoms with Gasteiger partial charge in [0.2, 0.25) is 11.8 Å². The first-order chi connectivity index (χ1) is 17.8. The second kappa shape index (κ2) is 12.9. The van der Waals surface area contributed by atoms with Gasteiger partial charge in [0.15, 0.2) is 0 Å². The molecular weight excluding hydrogens is 490 g/mol. The molecule has 3 aromatic rings. The molecule has 0 saturated heterocycles. The highest BCUT2D eigenvalue weighted by Crippen LogP contribution is 2.26. The largest absolute Gasteiger partial charge is 0.494 e. The van der Waals surface area contributed by atoms with E-state index >= 15 is 0 Å². The highest BCUT2D eigenvalue weighted by molar-refractivity contribution is 7.92. The fourth-order valence-electron chi connectivity index (χ4n) is 3.99. The summed E-state index contributed by atoms with van der Waals surface area (Å²) in [5, 5.41) is 2.62. The molecule has 0 radical (unpaired) electrons. The Labute approximate surface area is 218 Å². The number of likely N-dealkylation sites (N-methyl/N-ethyl adjacent to an activating group) is 1. The van der Waals surface area contributed by atoms with E-state index in [4.69, 9.17) is 4.74 Å². The minimum atomic E-state index is -4.09. The smallest absolute Gasteiger partial charge is 0.264 e. The molecule has 0 aliphatic heterocycles.